The van der Waals surface area contributed by atoms with Gasteiger partial charge in [0.25, 0.3) is 0 Å². The molecule has 4 N–H and O–H groups in total. The summed E-state index contributed by atoms with van der Waals surface area (Å²) in [6.07, 6.45) is 1.87. The summed E-state index contributed by atoms with van der Waals surface area (Å²) in [5.41, 5.74) is 0.381. The number of hydrogen-bond acceptors (Lipinski definition) is 8. The molecule has 0 saturated carbocycles. The molecule has 2 amide bonds. The molecule has 0 spiro atoms. The van der Waals surface area contributed by atoms with Crippen LogP contribution in [0, 0.1) is 5.41 Å². The van der Waals surface area contributed by atoms with Crippen LogP contribution < -0.4 is 10.6 Å². The van der Waals surface area contributed by atoms with E-state index in [1.54, 1.807) is 13.8 Å². The highest BCUT2D eigenvalue weighted by molar-refractivity contribution is 7.40. The Balaban J connectivity index is -0.000000105. The molecule has 0 aromatic carbocycles. The number of amides is 2. The van der Waals surface area contributed by atoms with E-state index in [0.29, 0.717) is 19.4 Å². The second-order valence-electron chi connectivity index (χ2n) is 5.94. The van der Waals surface area contributed by atoms with E-state index in [-0.39, 0.29) is 12.0 Å². The minimum absolute atomic E-state index is 0.278. The normalized spacial score (nSPS) is 11.7. The summed E-state index contributed by atoms with van der Waals surface area (Å²) in [7, 11) is 1.06. The summed E-state index contributed by atoms with van der Waals surface area (Å²) in [4.78, 5) is 32.5. The SMILES string of the molecule is CC.CC.CCCNC=O.CO/N=C(\C)CNC=O.COP(O)OCC(C)(C)C(C)O. The van der Waals surface area contributed by atoms with Crippen LogP contribution in [-0.4, -0.2) is 68.6 Å². The third-order valence-corrected chi connectivity index (χ3v) is 3.66. The van der Waals surface area contributed by atoms with Crippen molar-refractivity contribution in [2.75, 3.05) is 33.9 Å². The average molecular weight is 474 g/mol. The lowest BCUT2D eigenvalue weighted by Crippen LogP contribution is -2.30. The smallest absolute Gasteiger partial charge is 0.329 e. The lowest BCUT2D eigenvalue weighted by atomic mass is 9.89. The molecule has 2 unspecified atom stereocenters. The van der Waals surface area contributed by atoms with Gasteiger partial charge in [0.1, 0.15) is 7.11 Å². The molecule has 11 heteroatoms. The van der Waals surface area contributed by atoms with Crippen LogP contribution in [0.1, 0.15) is 68.7 Å². The van der Waals surface area contributed by atoms with Gasteiger partial charge >= 0.3 is 8.60 Å². The fourth-order valence-corrected chi connectivity index (χ4v) is 1.52. The summed E-state index contributed by atoms with van der Waals surface area (Å²) in [6.45, 7) is 18.7. The van der Waals surface area contributed by atoms with Gasteiger partial charge in [-0.05, 0) is 20.3 Å². The van der Waals surface area contributed by atoms with E-state index in [9.17, 15) is 14.7 Å². The van der Waals surface area contributed by atoms with Crippen LogP contribution in [0.2, 0.25) is 0 Å². The number of aliphatic hydroxyl groups is 1. The number of oxime groups is 1. The second-order valence-corrected chi connectivity index (χ2v) is 7.04. The Morgan fingerprint density at radius 2 is 1.61 bits per heavy atom. The quantitative estimate of drug-likeness (QED) is 0.112. The number of aliphatic hydroxyl groups excluding tert-OH is 1. The number of carbonyl (C=O) groups is 2. The van der Waals surface area contributed by atoms with E-state index >= 15 is 0 Å². The summed E-state index contributed by atoms with van der Waals surface area (Å²) < 4.78 is 9.50. The van der Waals surface area contributed by atoms with E-state index in [1.807, 2.05) is 48.5 Å². The van der Waals surface area contributed by atoms with Gasteiger partial charge in [0.05, 0.1) is 25.0 Å². The maximum absolute atomic E-state index is 9.71. The van der Waals surface area contributed by atoms with Gasteiger partial charge in [0, 0.05) is 19.1 Å². The zero-order valence-corrected chi connectivity index (χ0v) is 22.3. The molecule has 0 aliphatic rings. The average Bonchev–Trinajstić information content (AvgIpc) is 2.78. The van der Waals surface area contributed by atoms with Crippen LogP contribution in [0.15, 0.2) is 5.16 Å². The molecule has 190 valence electrons. The van der Waals surface area contributed by atoms with Gasteiger partial charge in [-0.1, -0.05) is 53.6 Å². The lowest BCUT2D eigenvalue weighted by Gasteiger charge is -2.27. The van der Waals surface area contributed by atoms with Gasteiger partial charge in [0.2, 0.25) is 12.8 Å². The Morgan fingerprint density at radius 1 is 1.13 bits per heavy atom. The third kappa shape index (κ3) is 39.7. The summed E-state index contributed by atoms with van der Waals surface area (Å²) >= 11 is 0. The fourth-order valence-electron chi connectivity index (χ4n) is 0.976. The standard InChI is InChI=1S/C7H17O4P.C5H10N2O2.C4H9NO.2C2H6/c1-6(8)7(2,3)5-11-12(9)10-4;1-5(7-9-2)3-6-4-8;1-2-3-5-4-6;2*1-2/h6,8-9H,5H2,1-4H3;4H,3H2,1-2H3,(H,6,8);4H,2-3H2,1H3,(H,5,6);2*1-2H3/b;7-5+;;;. The van der Waals surface area contributed by atoms with E-state index in [1.165, 1.54) is 14.2 Å². The maximum Gasteiger partial charge on any atom is 0.329 e. The largest absolute Gasteiger partial charge is 0.399 e. The monoisotopic (exact) mass is 473 g/mol. The first kappa shape index (κ1) is 40.1. The first-order valence-electron chi connectivity index (χ1n) is 10.4. The van der Waals surface area contributed by atoms with Gasteiger partial charge in [0.15, 0.2) is 0 Å². The molecule has 0 aromatic heterocycles. The molecular weight excluding hydrogens is 425 g/mol. The van der Waals surface area contributed by atoms with Gasteiger partial charge in [-0.2, -0.15) is 0 Å². The Morgan fingerprint density at radius 3 is 1.90 bits per heavy atom. The van der Waals surface area contributed by atoms with Crippen molar-refractivity contribution in [1.82, 2.24) is 10.6 Å². The third-order valence-electron chi connectivity index (χ3n) is 3.00. The molecule has 0 saturated heterocycles. The van der Waals surface area contributed by atoms with E-state index < -0.39 is 14.7 Å². The molecule has 0 aliphatic carbocycles. The zero-order valence-electron chi connectivity index (χ0n) is 21.4. The fraction of sp³-hybridized carbons (Fsp3) is 0.850. The summed E-state index contributed by atoms with van der Waals surface area (Å²) in [5.74, 6) is 0. The molecule has 2 atom stereocenters. The van der Waals surface area contributed by atoms with E-state index in [0.717, 1.165) is 18.7 Å². The molecule has 0 aliphatic heterocycles. The van der Waals surface area contributed by atoms with Crippen LogP contribution in [0.25, 0.3) is 0 Å². The van der Waals surface area contributed by atoms with Gasteiger partial charge < -0.3 is 34.5 Å². The minimum atomic E-state index is -1.78. The first-order valence-corrected chi connectivity index (χ1v) is 11.5. The summed E-state index contributed by atoms with van der Waals surface area (Å²) in [5, 5.41) is 17.8. The van der Waals surface area contributed by atoms with E-state index in [2.05, 4.69) is 25.2 Å². The van der Waals surface area contributed by atoms with Crippen LogP contribution in [0.4, 0.5) is 0 Å². The number of hydrogen-bond donors (Lipinski definition) is 4. The van der Waals surface area contributed by atoms with Crippen LogP contribution in [-0.2, 0) is 23.5 Å². The predicted octanol–water partition coefficient (Wildman–Crippen LogP) is 3.23. The Hall–Kier alpha value is -1.32. The minimum Gasteiger partial charge on any atom is -0.399 e. The molecule has 0 rings (SSSR count). The van der Waals surface area contributed by atoms with E-state index in [4.69, 9.17) is 9.42 Å². The van der Waals surface area contributed by atoms with Crippen molar-refractivity contribution in [1.29, 1.82) is 0 Å². The van der Waals surface area contributed by atoms with Gasteiger partial charge in [-0.15, -0.1) is 0 Å². The topological polar surface area (TPSA) is 139 Å². The lowest BCUT2D eigenvalue weighted by molar-refractivity contribution is -0.110. The number of carbonyl (C=O) groups excluding carboxylic acids is 2. The van der Waals surface area contributed by atoms with Crippen molar-refractivity contribution in [3.05, 3.63) is 0 Å². The van der Waals surface area contributed by atoms with Crippen molar-refractivity contribution in [2.45, 2.75) is 74.8 Å². The molecule has 31 heavy (non-hydrogen) atoms. The number of rotatable bonds is 12. The molecule has 0 radical (unpaired) electrons. The van der Waals surface area contributed by atoms with Crippen LogP contribution >= 0.6 is 8.60 Å². The van der Waals surface area contributed by atoms with Crippen molar-refractivity contribution in [3.8, 4) is 0 Å². The second kappa shape index (κ2) is 33.3. The van der Waals surface area contributed by atoms with Crippen molar-refractivity contribution < 1.29 is 33.5 Å². The van der Waals surface area contributed by atoms with Crippen molar-refractivity contribution in [2.24, 2.45) is 10.6 Å². The predicted molar refractivity (Wildman–Crippen MR) is 129 cm³/mol. The van der Waals surface area contributed by atoms with Crippen molar-refractivity contribution in [3.63, 3.8) is 0 Å². The number of nitrogens with one attached hydrogen (secondary N) is 2. The highest BCUT2D eigenvalue weighted by Gasteiger charge is 2.25. The Kier molecular flexibility index (Phi) is 43.1. The van der Waals surface area contributed by atoms with Crippen LogP contribution in [0.3, 0.4) is 0 Å². The van der Waals surface area contributed by atoms with Gasteiger partial charge in [-0.25, -0.2) is 0 Å². The summed E-state index contributed by atoms with van der Waals surface area (Å²) in [6, 6.07) is 0. The molecule has 0 aromatic rings. The highest BCUT2D eigenvalue weighted by Crippen LogP contribution is 2.34. The molecule has 0 fully saturated rings. The zero-order chi connectivity index (χ0) is 25.7. The van der Waals surface area contributed by atoms with Crippen molar-refractivity contribution >= 4 is 27.1 Å². The first-order chi connectivity index (χ1) is 14.6. The number of nitrogens with zero attached hydrogens (tertiary/aromatic N) is 1. The van der Waals surface area contributed by atoms with Gasteiger partial charge in [-0.3, -0.25) is 9.59 Å². The van der Waals surface area contributed by atoms with Crippen LogP contribution in [0.5, 0.6) is 0 Å². The molecule has 0 bridgehead atoms. The molecular formula is C20H48N3O7P. The Bertz CT molecular complexity index is 386. The molecule has 10 nitrogen and oxygen atoms in total. The maximum atomic E-state index is 9.71. The molecule has 0 heterocycles. The highest BCUT2D eigenvalue weighted by atomic mass is 31.2. The Labute approximate surface area is 191 Å².